The highest BCUT2D eigenvalue weighted by Gasteiger charge is 2.30. The van der Waals surface area contributed by atoms with Gasteiger partial charge in [-0.25, -0.2) is 8.42 Å². The van der Waals surface area contributed by atoms with Crippen molar-refractivity contribution in [1.82, 2.24) is 10.2 Å². The highest BCUT2D eigenvalue weighted by molar-refractivity contribution is 7.91. The summed E-state index contributed by atoms with van der Waals surface area (Å²) in [5, 5.41) is 3.45. The van der Waals surface area contributed by atoms with Gasteiger partial charge < -0.3 is 10.1 Å². The molecule has 0 radical (unpaired) electrons. The molecule has 0 aromatic rings. The first-order valence-electron chi connectivity index (χ1n) is 7.26. The maximum atomic E-state index is 11.6. The Labute approximate surface area is 116 Å². The topological polar surface area (TPSA) is 58.6 Å². The minimum Gasteiger partial charge on any atom is -0.377 e. The Kier molecular flexibility index (Phi) is 5.22. The van der Waals surface area contributed by atoms with Crippen LogP contribution in [0.15, 0.2) is 0 Å². The van der Waals surface area contributed by atoms with E-state index >= 15 is 0 Å². The van der Waals surface area contributed by atoms with Gasteiger partial charge in [0.25, 0.3) is 0 Å². The molecule has 0 aliphatic carbocycles. The molecule has 2 saturated heterocycles. The van der Waals surface area contributed by atoms with Crippen molar-refractivity contribution in [3.05, 3.63) is 0 Å². The second-order valence-electron chi connectivity index (χ2n) is 5.84. The summed E-state index contributed by atoms with van der Waals surface area (Å²) < 4.78 is 28.7. The van der Waals surface area contributed by atoms with Crippen LogP contribution in [0.25, 0.3) is 0 Å². The van der Waals surface area contributed by atoms with Crippen LogP contribution in [-0.2, 0) is 14.6 Å². The lowest BCUT2D eigenvalue weighted by atomic mass is 10.2. The molecule has 2 aliphatic heterocycles. The van der Waals surface area contributed by atoms with Gasteiger partial charge in [0.15, 0.2) is 9.84 Å². The Morgan fingerprint density at radius 3 is 2.89 bits per heavy atom. The van der Waals surface area contributed by atoms with Crippen molar-refractivity contribution in [2.24, 2.45) is 0 Å². The largest absolute Gasteiger partial charge is 0.377 e. The maximum absolute atomic E-state index is 11.6. The first-order valence-corrected chi connectivity index (χ1v) is 9.08. The van der Waals surface area contributed by atoms with Gasteiger partial charge in [-0.3, -0.25) is 4.90 Å². The van der Waals surface area contributed by atoms with Crippen LogP contribution in [0.3, 0.4) is 0 Å². The van der Waals surface area contributed by atoms with Crippen LogP contribution in [0.5, 0.6) is 0 Å². The van der Waals surface area contributed by atoms with Gasteiger partial charge >= 0.3 is 0 Å². The van der Waals surface area contributed by atoms with E-state index in [4.69, 9.17) is 4.74 Å². The van der Waals surface area contributed by atoms with Crippen LogP contribution < -0.4 is 5.32 Å². The summed E-state index contributed by atoms with van der Waals surface area (Å²) in [7, 11) is -2.81. The summed E-state index contributed by atoms with van der Waals surface area (Å²) in [5.74, 6) is 0.594. The molecule has 3 atom stereocenters. The second-order valence-corrected chi connectivity index (χ2v) is 8.07. The van der Waals surface area contributed by atoms with Crippen molar-refractivity contribution in [3.63, 3.8) is 0 Å². The average molecular weight is 290 g/mol. The van der Waals surface area contributed by atoms with Crippen molar-refractivity contribution in [2.45, 2.75) is 44.9 Å². The Morgan fingerprint density at radius 2 is 2.26 bits per heavy atom. The molecule has 0 amide bonds. The molecule has 2 rings (SSSR count). The molecule has 3 unspecified atom stereocenters. The van der Waals surface area contributed by atoms with E-state index in [1.165, 1.54) is 6.42 Å². The smallest absolute Gasteiger partial charge is 0.153 e. The minimum atomic E-state index is -2.81. The predicted molar refractivity (Wildman–Crippen MR) is 76.1 cm³/mol. The predicted octanol–water partition coefficient (Wildman–Crippen LogP) is 0.262. The Bertz CT molecular complexity index is 379. The lowest BCUT2D eigenvalue weighted by molar-refractivity contribution is 0.105. The quantitative estimate of drug-likeness (QED) is 0.787. The lowest BCUT2D eigenvalue weighted by Gasteiger charge is -2.37. The molecule has 0 aromatic heterocycles. The molecule has 6 heteroatoms. The molecule has 5 nitrogen and oxygen atoms in total. The first kappa shape index (κ1) is 15.2. The van der Waals surface area contributed by atoms with E-state index in [1.54, 1.807) is 0 Å². The van der Waals surface area contributed by atoms with Crippen LogP contribution in [0.4, 0.5) is 0 Å². The van der Waals surface area contributed by atoms with Crippen molar-refractivity contribution in [3.8, 4) is 0 Å². The van der Waals surface area contributed by atoms with Crippen LogP contribution >= 0.6 is 0 Å². The number of ether oxygens (including phenoxy) is 1. The van der Waals surface area contributed by atoms with E-state index < -0.39 is 9.84 Å². The van der Waals surface area contributed by atoms with Crippen LogP contribution in [0, 0.1) is 0 Å². The van der Waals surface area contributed by atoms with Gasteiger partial charge in [-0.2, -0.15) is 0 Å². The van der Waals surface area contributed by atoms with Crippen LogP contribution in [-0.4, -0.2) is 69.3 Å². The number of hydrogen-bond acceptors (Lipinski definition) is 5. The Hall–Kier alpha value is -0.170. The van der Waals surface area contributed by atoms with Crippen molar-refractivity contribution >= 4 is 9.84 Å². The Balaban J connectivity index is 1.72. The third-order valence-electron chi connectivity index (χ3n) is 4.12. The SMILES string of the molecule is CC(CNCC1CCCO1)N1CCS(=O)(=O)CC1C. The molecule has 0 spiro atoms. The van der Waals surface area contributed by atoms with E-state index in [0.717, 1.165) is 26.1 Å². The normalized spacial score (nSPS) is 33.4. The standard InChI is InChI=1S/C13H26N2O3S/c1-11(8-14-9-13-4-3-6-18-13)15-5-7-19(16,17)10-12(15)2/h11-14H,3-10H2,1-2H3. The lowest BCUT2D eigenvalue weighted by Crippen LogP contribution is -2.53. The highest BCUT2D eigenvalue weighted by atomic mass is 32.2. The zero-order valence-electron chi connectivity index (χ0n) is 12.0. The summed E-state index contributed by atoms with van der Waals surface area (Å²) >= 11 is 0. The summed E-state index contributed by atoms with van der Waals surface area (Å²) in [6.07, 6.45) is 2.69. The van der Waals surface area contributed by atoms with E-state index in [-0.39, 0.29) is 6.04 Å². The zero-order chi connectivity index (χ0) is 13.9. The van der Waals surface area contributed by atoms with Gasteiger partial charge in [0.1, 0.15) is 0 Å². The molecule has 0 bridgehead atoms. The fourth-order valence-electron chi connectivity index (χ4n) is 3.04. The van der Waals surface area contributed by atoms with Crippen LogP contribution in [0.2, 0.25) is 0 Å². The number of nitrogens with zero attached hydrogens (tertiary/aromatic N) is 1. The molecule has 0 saturated carbocycles. The molecule has 2 fully saturated rings. The fourth-order valence-corrected chi connectivity index (χ4v) is 4.62. The highest BCUT2D eigenvalue weighted by Crippen LogP contribution is 2.15. The van der Waals surface area contributed by atoms with Gasteiger partial charge in [0.2, 0.25) is 0 Å². The molecular weight excluding hydrogens is 264 g/mol. The summed E-state index contributed by atoms with van der Waals surface area (Å²) in [4.78, 5) is 2.30. The third-order valence-corrected chi connectivity index (χ3v) is 5.92. The number of nitrogens with one attached hydrogen (secondary N) is 1. The molecule has 0 aromatic carbocycles. The third kappa shape index (κ3) is 4.41. The molecular formula is C13H26N2O3S. The van der Waals surface area contributed by atoms with Gasteiger partial charge in [-0.05, 0) is 26.7 Å². The zero-order valence-corrected chi connectivity index (χ0v) is 12.8. The van der Waals surface area contributed by atoms with Crippen molar-refractivity contribution < 1.29 is 13.2 Å². The number of rotatable bonds is 5. The maximum Gasteiger partial charge on any atom is 0.153 e. The summed E-state index contributed by atoms with van der Waals surface area (Å²) in [5.41, 5.74) is 0. The molecule has 112 valence electrons. The van der Waals surface area contributed by atoms with Gasteiger partial charge in [0, 0.05) is 38.3 Å². The molecule has 2 heterocycles. The first-order chi connectivity index (χ1) is 8.98. The fraction of sp³-hybridized carbons (Fsp3) is 1.00. The van der Waals surface area contributed by atoms with E-state index in [1.807, 2.05) is 6.92 Å². The Morgan fingerprint density at radius 1 is 1.47 bits per heavy atom. The number of hydrogen-bond donors (Lipinski definition) is 1. The van der Waals surface area contributed by atoms with Crippen LogP contribution in [0.1, 0.15) is 26.7 Å². The summed E-state index contributed by atoms with van der Waals surface area (Å²) in [6, 6.07) is 0.491. The summed E-state index contributed by atoms with van der Waals surface area (Å²) in [6.45, 7) is 7.52. The van der Waals surface area contributed by atoms with E-state index in [0.29, 0.717) is 30.2 Å². The molecule has 19 heavy (non-hydrogen) atoms. The van der Waals surface area contributed by atoms with Crippen molar-refractivity contribution in [2.75, 3.05) is 37.7 Å². The van der Waals surface area contributed by atoms with Crippen molar-refractivity contribution in [1.29, 1.82) is 0 Å². The van der Waals surface area contributed by atoms with Gasteiger partial charge in [-0.15, -0.1) is 0 Å². The minimum absolute atomic E-state index is 0.123. The average Bonchev–Trinajstić information content (AvgIpc) is 2.80. The molecule has 2 aliphatic rings. The monoisotopic (exact) mass is 290 g/mol. The van der Waals surface area contributed by atoms with Gasteiger partial charge in [-0.1, -0.05) is 0 Å². The number of sulfone groups is 1. The van der Waals surface area contributed by atoms with E-state index in [2.05, 4.69) is 17.1 Å². The van der Waals surface area contributed by atoms with E-state index in [9.17, 15) is 8.42 Å². The van der Waals surface area contributed by atoms with Gasteiger partial charge in [0.05, 0.1) is 17.6 Å². The molecule has 1 N–H and O–H groups in total. The second kappa shape index (κ2) is 6.52.